The molecule has 0 spiro atoms. The van der Waals surface area contributed by atoms with Crippen LogP contribution in [-0.2, 0) is 16.1 Å². The van der Waals surface area contributed by atoms with Crippen LogP contribution in [0, 0.1) is 0 Å². The number of halogens is 1. The maximum Gasteiger partial charge on any atom is 0.263 e. The molecule has 0 aliphatic carbocycles. The van der Waals surface area contributed by atoms with Gasteiger partial charge in [-0.3, -0.25) is 4.79 Å². The Labute approximate surface area is 203 Å². The van der Waals surface area contributed by atoms with E-state index in [0.29, 0.717) is 18.8 Å². The van der Waals surface area contributed by atoms with Crippen LogP contribution in [-0.4, -0.2) is 41.5 Å². The lowest BCUT2D eigenvalue weighted by atomic mass is 10.1. The molecule has 1 aliphatic rings. The number of amides is 1. The number of hydrogen-bond donors (Lipinski definition) is 1. The van der Waals surface area contributed by atoms with Crippen molar-refractivity contribution >= 4 is 11.6 Å². The van der Waals surface area contributed by atoms with Crippen LogP contribution >= 0.6 is 0 Å². The predicted octanol–water partition coefficient (Wildman–Crippen LogP) is 4.33. The van der Waals surface area contributed by atoms with E-state index in [-0.39, 0.29) is 24.8 Å². The van der Waals surface area contributed by atoms with Crippen LogP contribution in [0.1, 0.15) is 5.56 Å². The van der Waals surface area contributed by atoms with Gasteiger partial charge in [-0.2, -0.15) is 5.10 Å². The number of carbonyl (C=O) groups excluding carboxylic acids is 1. The van der Waals surface area contributed by atoms with Crippen LogP contribution in [0.5, 0.6) is 5.75 Å². The summed E-state index contributed by atoms with van der Waals surface area (Å²) in [7, 11) is 0. The van der Waals surface area contributed by atoms with Gasteiger partial charge in [0.05, 0.1) is 24.5 Å². The number of ether oxygens (including phenoxy) is 2. The number of benzene rings is 2. The molecule has 1 N–H and O–H groups in total. The number of hydrogen-bond acceptors (Lipinski definition) is 5. The van der Waals surface area contributed by atoms with E-state index in [4.69, 9.17) is 9.47 Å². The summed E-state index contributed by atoms with van der Waals surface area (Å²) in [5.41, 5.74) is 3.00. The van der Waals surface area contributed by atoms with Gasteiger partial charge in [0.2, 0.25) is 0 Å². The zero-order valence-electron chi connectivity index (χ0n) is 19.3. The van der Waals surface area contributed by atoms with E-state index >= 15 is 0 Å². The molecule has 2 heterocycles. The summed E-state index contributed by atoms with van der Waals surface area (Å²) in [6, 6.07) is 17.7. The second-order valence-electron chi connectivity index (χ2n) is 7.88. The quantitative estimate of drug-likeness (QED) is 0.269. The monoisotopic (exact) mass is 474 g/mol. The first-order valence-electron chi connectivity index (χ1n) is 11.2. The van der Waals surface area contributed by atoms with Crippen LogP contribution in [0.2, 0.25) is 0 Å². The Balaban J connectivity index is 1.37. The van der Waals surface area contributed by atoms with Gasteiger partial charge in [-0.05, 0) is 42.0 Å². The van der Waals surface area contributed by atoms with Crippen LogP contribution in [0.15, 0.2) is 104 Å². The number of allylic oxidation sites excluding steroid dienone is 3. The van der Waals surface area contributed by atoms with E-state index < -0.39 is 11.9 Å². The zero-order chi connectivity index (χ0) is 24.6. The summed E-state index contributed by atoms with van der Waals surface area (Å²) in [6.07, 6.45) is 5.40. The average Bonchev–Trinajstić information content (AvgIpc) is 3.42. The van der Waals surface area contributed by atoms with Crippen molar-refractivity contribution in [2.45, 2.75) is 12.6 Å². The molecule has 4 rings (SSSR count). The molecule has 0 radical (unpaired) electrons. The lowest BCUT2D eigenvalue weighted by Gasteiger charge is -2.35. The Morgan fingerprint density at radius 1 is 1.23 bits per heavy atom. The molecule has 1 atom stereocenters. The van der Waals surface area contributed by atoms with Crippen molar-refractivity contribution in [3.05, 3.63) is 109 Å². The summed E-state index contributed by atoms with van der Waals surface area (Å²) in [4.78, 5) is 14.9. The minimum absolute atomic E-state index is 0.0819. The lowest BCUT2D eigenvalue weighted by Crippen LogP contribution is -2.49. The number of aromatic nitrogens is 2. The molecule has 0 saturated carbocycles. The molecular weight excluding hydrogens is 447 g/mol. The molecule has 1 aliphatic heterocycles. The maximum absolute atomic E-state index is 13.6. The Hall–Kier alpha value is -4.33. The Morgan fingerprint density at radius 2 is 2.03 bits per heavy atom. The maximum atomic E-state index is 13.6. The Bertz CT molecular complexity index is 1210. The van der Waals surface area contributed by atoms with E-state index in [1.165, 1.54) is 6.08 Å². The van der Waals surface area contributed by atoms with Crippen molar-refractivity contribution in [1.82, 2.24) is 15.1 Å². The largest absolute Gasteiger partial charge is 0.489 e. The molecule has 1 unspecified atom stereocenters. The normalized spacial score (nSPS) is 15.1. The summed E-state index contributed by atoms with van der Waals surface area (Å²) in [6.45, 7) is 8.21. The molecule has 8 heteroatoms. The molecule has 1 aromatic heterocycles. The predicted molar refractivity (Wildman–Crippen MR) is 133 cm³/mol. The van der Waals surface area contributed by atoms with Crippen molar-refractivity contribution in [3.8, 4) is 11.4 Å². The molecule has 35 heavy (non-hydrogen) atoms. The fourth-order valence-electron chi connectivity index (χ4n) is 3.72. The van der Waals surface area contributed by atoms with E-state index in [0.717, 1.165) is 23.0 Å². The zero-order valence-corrected chi connectivity index (χ0v) is 19.3. The lowest BCUT2D eigenvalue weighted by molar-refractivity contribution is -0.128. The second kappa shape index (κ2) is 11.2. The molecule has 0 bridgehead atoms. The van der Waals surface area contributed by atoms with Crippen LogP contribution < -0.4 is 15.0 Å². The number of fused-ring (bicyclic) bond motifs is 1. The number of anilines is 1. The van der Waals surface area contributed by atoms with Gasteiger partial charge in [0.15, 0.2) is 11.9 Å². The first-order valence-corrected chi connectivity index (χ1v) is 11.2. The van der Waals surface area contributed by atoms with Gasteiger partial charge < -0.3 is 19.7 Å². The summed E-state index contributed by atoms with van der Waals surface area (Å²) >= 11 is 0. The second-order valence-corrected chi connectivity index (χ2v) is 7.88. The number of nitrogens with zero attached hydrogens (tertiary/aromatic N) is 3. The minimum atomic E-state index is -0.700. The molecule has 7 nitrogen and oxygen atoms in total. The molecule has 2 aromatic carbocycles. The van der Waals surface area contributed by atoms with Crippen molar-refractivity contribution in [3.63, 3.8) is 0 Å². The Kier molecular flexibility index (Phi) is 7.62. The van der Waals surface area contributed by atoms with E-state index in [9.17, 15) is 9.18 Å². The highest BCUT2D eigenvalue weighted by Gasteiger charge is 2.30. The van der Waals surface area contributed by atoms with Gasteiger partial charge in [-0.1, -0.05) is 43.5 Å². The third-order valence-electron chi connectivity index (χ3n) is 5.44. The summed E-state index contributed by atoms with van der Waals surface area (Å²) in [5.74, 6) is -0.332. The van der Waals surface area contributed by atoms with Crippen molar-refractivity contribution in [2.24, 2.45) is 0 Å². The van der Waals surface area contributed by atoms with Gasteiger partial charge in [-0.25, -0.2) is 9.07 Å². The van der Waals surface area contributed by atoms with E-state index in [2.05, 4.69) is 28.5 Å². The first-order chi connectivity index (χ1) is 17.0. The fraction of sp³-hybridized carbons (Fsp3) is 0.185. The van der Waals surface area contributed by atoms with Gasteiger partial charge in [-0.15, -0.1) is 0 Å². The van der Waals surface area contributed by atoms with Crippen molar-refractivity contribution in [2.75, 3.05) is 24.6 Å². The Morgan fingerprint density at radius 3 is 2.77 bits per heavy atom. The van der Waals surface area contributed by atoms with Crippen molar-refractivity contribution < 1.29 is 18.7 Å². The molecule has 0 saturated heterocycles. The number of nitrogens with one attached hydrogen (secondary N) is 1. The van der Waals surface area contributed by atoms with Gasteiger partial charge in [0.1, 0.15) is 18.1 Å². The highest BCUT2D eigenvalue weighted by atomic mass is 19.1. The molecule has 3 aromatic rings. The highest BCUT2D eigenvalue weighted by molar-refractivity contribution is 5.83. The van der Waals surface area contributed by atoms with Gasteiger partial charge in [0.25, 0.3) is 5.91 Å². The summed E-state index contributed by atoms with van der Waals surface area (Å²) < 4.78 is 26.6. The minimum Gasteiger partial charge on any atom is -0.489 e. The molecule has 1 amide bonds. The third kappa shape index (κ3) is 5.97. The smallest absolute Gasteiger partial charge is 0.263 e. The number of carbonyl (C=O) groups is 1. The van der Waals surface area contributed by atoms with Crippen LogP contribution in [0.4, 0.5) is 10.1 Å². The van der Waals surface area contributed by atoms with E-state index in [1.807, 2.05) is 60.8 Å². The van der Waals surface area contributed by atoms with Gasteiger partial charge >= 0.3 is 0 Å². The van der Waals surface area contributed by atoms with Gasteiger partial charge in [0, 0.05) is 18.9 Å². The first kappa shape index (κ1) is 23.8. The molecule has 0 fully saturated rings. The third-order valence-corrected chi connectivity index (χ3v) is 5.44. The fourth-order valence-corrected chi connectivity index (χ4v) is 3.72. The SMILES string of the molecule is C=C/C=C(/F)C(=C)OCCNC(=O)C1CN(Cc2ccc(-n3cccn3)cc2)c2ccccc2O1. The highest BCUT2D eigenvalue weighted by Crippen LogP contribution is 2.34. The molecular formula is C27H27FN4O3. The van der Waals surface area contributed by atoms with Crippen LogP contribution in [0.25, 0.3) is 5.69 Å². The van der Waals surface area contributed by atoms with Crippen molar-refractivity contribution in [1.29, 1.82) is 0 Å². The number of para-hydroxylation sites is 2. The molecule has 180 valence electrons. The number of rotatable bonds is 10. The van der Waals surface area contributed by atoms with E-state index in [1.54, 1.807) is 10.9 Å². The topological polar surface area (TPSA) is 68.6 Å². The summed E-state index contributed by atoms with van der Waals surface area (Å²) in [5, 5.41) is 7.04. The average molecular weight is 475 g/mol. The standard InChI is InChI=1S/C27H27FN4O3/c1-3-7-23(28)20(2)34-17-15-29-27(33)26-19-31(24-8-4-5-9-25(24)35-26)18-21-10-12-22(13-11-21)32-16-6-14-30-32/h3-14,16,26H,1-2,15,17-19H2,(H,29,33)/b23-7+. The van der Waals surface area contributed by atoms with Crippen LogP contribution in [0.3, 0.4) is 0 Å².